The van der Waals surface area contributed by atoms with Crippen molar-refractivity contribution in [3.05, 3.63) is 0 Å². The van der Waals surface area contributed by atoms with Gasteiger partial charge in [-0.1, -0.05) is 117 Å². The number of carbonyl (C=O) groups is 2. The summed E-state index contributed by atoms with van der Waals surface area (Å²) in [5.74, 6) is 12.5. The quantitative estimate of drug-likeness (QED) is 0.0285. The molecule has 0 aromatic rings. The molecule has 8 heteroatoms. The van der Waals surface area contributed by atoms with Gasteiger partial charge in [-0.3, -0.25) is 9.59 Å². The SMILES string of the molecule is CCCCC#CCCOC(CCC(=O)OCCCCCCCCN(CCO)CCCCCCCC(=O)OCCCCCCCCC)OCCC#CCCCC. The van der Waals surface area contributed by atoms with Gasteiger partial charge in [0.15, 0.2) is 6.29 Å². The van der Waals surface area contributed by atoms with Crippen LogP contribution in [0.1, 0.15) is 207 Å². The van der Waals surface area contributed by atoms with Crippen LogP contribution in [0.3, 0.4) is 0 Å². The first-order chi connectivity index (χ1) is 27.1. The van der Waals surface area contributed by atoms with E-state index < -0.39 is 6.29 Å². The molecule has 0 unspecified atom stereocenters. The lowest BCUT2D eigenvalue weighted by atomic mass is 10.1. The first kappa shape index (κ1) is 52.9. The van der Waals surface area contributed by atoms with E-state index in [2.05, 4.69) is 49.4 Å². The summed E-state index contributed by atoms with van der Waals surface area (Å²) in [4.78, 5) is 26.8. The van der Waals surface area contributed by atoms with Crippen LogP contribution < -0.4 is 0 Å². The maximum atomic E-state index is 12.4. The highest BCUT2D eigenvalue weighted by Crippen LogP contribution is 2.12. The Morgan fingerprint density at radius 2 is 0.891 bits per heavy atom. The Morgan fingerprint density at radius 1 is 0.473 bits per heavy atom. The number of aliphatic hydroxyl groups is 1. The summed E-state index contributed by atoms with van der Waals surface area (Å²) in [6.45, 7) is 11.5. The van der Waals surface area contributed by atoms with Crippen molar-refractivity contribution in [2.75, 3.05) is 52.7 Å². The molecule has 0 rings (SSSR count). The number of esters is 2. The van der Waals surface area contributed by atoms with Crippen molar-refractivity contribution in [2.24, 2.45) is 0 Å². The molecule has 0 bridgehead atoms. The van der Waals surface area contributed by atoms with Gasteiger partial charge in [0.2, 0.25) is 0 Å². The molecule has 0 aliphatic carbocycles. The zero-order chi connectivity index (χ0) is 40.1. The third-order valence-corrected chi connectivity index (χ3v) is 9.62. The number of hydrogen-bond donors (Lipinski definition) is 1. The molecule has 0 heterocycles. The second-order valence-electron chi connectivity index (χ2n) is 14.9. The predicted octanol–water partition coefficient (Wildman–Crippen LogP) is 11.1. The van der Waals surface area contributed by atoms with Crippen LogP contribution in [0.15, 0.2) is 0 Å². The monoisotopic (exact) mass is 776 g/mol. The topological polar surface area (TPSA) is 94.5 Å². The van der Waals surface area contributed by atoms with E-state index in [-0.39, 0.29) is 25.0 Å². The molecular formula is C47H85NO7. The van der Waals surface area contributed by atoms with Gasteiger partial charge >= 0.3 is 11.9 Å². The molecular weight excluding hydrogens is 691 g/mol. The lowest BCUT2D eigenvalue weighted by Gasteiger charge is -2.21. The van der Waals surface area contributed by atoms with E-state index in [0.717, 1.165) is 129 Å². The number of aliphatic hydroxyl groups excluding tert-OH is 1. The van der Waals surface area contributed by atoms with Gasteiger partial charge in [-0.05, 0) is 58.0 Å². The van der Waals surface area contributed by atoms with Gasteiger partial charge in [0.05, 0.1) is 39.5 Å². The van der Waals surface area contributed by atoms with E-state index in [1.54, 1.807) is 0 Å². The first-order valence-corrected chi connectivity index (χ1v) is 22.9. The Morgan fingerprint density at radius 3 is 1.38 bits per heavy atom. The summed E-state index contributed by atoms with van der Waals surface area (Å²) >= 11 is 0. The average Bonchev–Trinajstić information content (AvgIpc) is 3.18. The van der Waals surface area contributed by atoms with E-state index in [4.69, 9.17) is 18.9 Å². The Bertz CT molecular complexity index is 934. The Balaban J connectivity index is 3.95. The zero-order valence-electron chi connectivity index (χ0n) is 36.1. The van der Waals surface area contributed by atoms with Gasteiger partial charge < -0.3 is 29.0 Å². The van der Waals surface area contributed by atoms with Crippen LogP contribution in [0, 0.1) is 23.7 Å². The average molecular weight is 776 g/mol. The minimum absolute atomic E-state index is 0.0406. The molecule has 0 fully saturated rings. The molecule has 0 aromatic heterocycles. The number of rotatable bonds is 40. The highest BCUT2D eigenvalue weighted by molar-refractivity contribution is 5.69. The van der Waals surface area contributed by atoms with E-state index >= 15 is 0 Å². The van der Waals surface area contributed by atoms with Crippen LogP contribution in [-0.4, -0.2) is 80.9 Å². The number of carbonyl (C=O) groups excluding carboxylic acids is 2. The maximum Gasteiger partial charge on any atom is 0.305 e. The molecule has 0 aliphatic heterocycles. The molecule has 0 aromatic carbocycles. The number of unbranched alkanes of at least 4 members (excludes halogenated alkanes) is 19. The van der Waals surface area contributed by atoms with Crippen LogP contribution in [0.5, 0.6) is 0 Å². The van der Waals surface area contributed by atoms with Crippen LogP contribution in [0.25, 0.3) is 0 Å². The summed E-state index contributed by atoms with van der Waals surface area (Å²) in [5.41, 5.74) is 0. The smallest absolute Gasteiger partial charge is 0.305 e. The summed E-state index contributed by atoms with van der Waals surface area (Å²) in [5, 5.41) is 9.53. The minimum atomic E-state index is -0.450. The van der Waals surface area contributed by atoms with Crippen LogP contribution >= 0.6 is 0 Å². The van der Waals surface area contributed by atoms with Crippen molar-refractivity contribution >= 4 is 11.9 Å². The van der Waals surface area contributed by atoms with E-state index in [0.29, 0.717) is 52.1 Å². The van der Waals surface area contributed by atoms with Crippen molar-refractivity contribution in [1.82, 2.24) is 4.90 Å². The Hall–Kier alpha value is -2.10. The molecule has 0 saturated heterocycles. The maximum absolute atomic E-state index is 12.4. The summed E-state index contributed by atoms with van der Waals surface area (Å²) in [6, 6.07) is 0. The van der Waals surface area contributed by atoms with Gasteiger partial charge in [0.1, 0.15) is 0 Å². The van der Waals surface area contributed by atoms with Crippen LogP contribution in [0.2, 0.25) is 0 Å². The fraction of sp³-hybridized carbons (Fsp3) is 0.872. The van der Waals surface area contributed by atoms with E-state index in [1.807, 2.05) is 0 Å². The van der Waals surface area contributed by atoms with Crippen LogP contribution in [0.4, 0.5) is 0 Å². The van der Waals surface area contributed by atoms with Crippen molar-refractivity contribution in [1.29, 1.82) is 0 Å². The van der Waals surface area contributed by atoms with Crippen molar-refractivity contribution < 1.29 is 33.6 Å². The van der Waals surface area contributed by atoms with E-state index in [9.17, 15) is 14.7 Å². The number of ether oxygens (including phenoxy) is 4. The standard InChI is InChI=1S/C47H85NO7/c1-4-7-10-13-17-25-30-41-52-45(50)34-27-20-19-22-29-38-48(39-40-49)37-28-21-16-18-26-31-42-53-46(51)35-36-47(54-43-32-23-14-11-8-5-2)55-44-33-24-15-12-9-6-3/h47,49H,4-13,16-22,25-44H2,1-3H3. The Kier molecular flexibility index (Phi) is 42.9. The molecule has 1 N–H and O–H groups in total. The molecule has 0 spiro atoms. The fourth-order valence-electron chi connectivity index (χ4n) is 6.15. The van der Waals surface area contributed by atoms with Gasteiger partial charge in [-0.25, -0.2) is 0 Å². The number of hydrogen-bond acceptors (Lipinski definition) is 8. The molecule has 8 nitrogen and oxygen atoms in total. The third kappa shape index (κ3) is 41.4. The molecule has 0 aliphatic rings. The second kappa shape index (κ2) is 44.6. The molecule has 320 valence electrons. The van der Waals surface area contributed by atoms with Gasteiger partial charge in [-0.2, -0.15) is 0 Å². The first-order valence-electron chi connectivity index (χ1n) is 22.9. The van der Waals surface area contributed by atoms with Gasteiger partial charge in [-0.15, -0.1) is 23.7 Å². The van der Waals surface area contributed by atoms with E-state index in [1.165, 1.54) is 44.9 Å². The minimum Gasteiger partial charge on any atom is -0.466 e. The number of nitrogens with zero attached hydrogens (tertiary/aromatic N) is 1. The van der Waals surface area contributed by atoms with Gasteiger partial charge in [0, 0.05) is 45.1 Å². The molecule has 0 amide bonds. The highest BCUT2D eigenvalue weighted by atomic mass is 16.7. The largest absolute Gasteiger partial charge is 0.466 e. The molecule has 0 saturated carbocycles. The third-order valence-electron chi connectivity index (χ3n) is 9.62. The predicted molar refractivity (Wildman–Crippen MR) is 228 cm³/mol. The fourth-order valence-corrected chi connectivity index (χ4v) is 6.15. The summed E-state index contributed by atoms with van der Waals surface area (Å²) < 4.78 is 22.7. The zero-order valence-corrected chi connectivity index (χ0v) is 36.1. The summed E-state index contributed by atoms with van der Waals surface area (Å²) in [7, 11) is 0. The lowest BCUT2D eigenvalue weighted by Crippen LogP contribution is -2.29. The highest BCUT2D eigenvalue weighted by Gasteiger charge is 2.13. The molecule has 55 heavy (non-hydrogen) atoms. The molecule has 0 atom stereocenters. The lowest BCUT2D eigenvalue weighted by molar-refractivity contribution is -0.157. The van der Waals surface area contributed by atoms with Crippen molar-refractivity contribution in [3.63, 3.8) is 0 Å². The van der Waals surface area contributed by atoms with Crippen molar-refractivity contribution in [3.8, 4) is 23.7 Å². The van der Waals surface area contributed by atoms with Gasteiger partial charge in [0.25, 0.3) is 0 Å². The summed E-state index contributed by atoms with van der Waals surface area (Å²) in [6.07, 6.45) is 29.1. The van der Waals surface area contributed by atoms with Crippen molar-refractivity contribution in [2.45, 2.75) is 213 Å². The van der Waals surface area contributed by atoms with Crippen LogP contribution in [-0.2, 0) is 28.5 Å². The normalized spacial score (nSPS) is 11.0. The Labute approximate surface area is 339 Å². The molecule has 0 radical (unpaired) electrons. The second-order valence-corrected chi connectivity index (χ2v) is 14.9.